The molecule has 34 heavy (non-hydrogen) atoms. The summed E-state index contributed by atoms with van der Waals surface area (Å²) in [4.78, 5) is 65.4. The number of likely N-dealkylation sites (tertiary alicyclic amines) is 1. The number of fused-ring (bicyclic) bond motifs is 1. The van der Waals surface area contributed by atoms with Crippen LogP contribution in [0.4, 0.5) is 0 Å². The Morgan fingerprint density at radius 2 is 1.62 bits per heavy atom. The third kappa shape index (κ3) is 4.70. The van der Waals surface area contributed by atoms with E-state index in [4.69, 9.17) is 5.73 Å². The highest BCUT2D eigenvalue weighted by atomic mass is 16.2. The van der Waals surface area contributed by atoms with Gasteiger partial charge in [-0.25, -0.2) is 0 Å². The lowest BCUT2D eigenvalue weighted by Gasteiger charge is -2.38. The van der Waals surface area contributed by atoms with E-state index in [0.717, 1.165) is 25.7 Å². The standard InChI is InChI=1S/C25H38N4O5/c1-24(2,3)19(28-21(32)13-8-9-13)23(34)29-11-14-16(25(14,4)5)17(29)22(33)27-15(10-12-6-7-12)18(30)20(26)31/h12-17,19H,6-11H2,1-5H3,(H2,26,31)(H,27,33)(H,28,32)/t14-,15?,16?,17-,19?/m0/s1. The summed E-state index contributed by atoms with van der Waals surface area (Å²) in [5.74, 6) is -2.29. The van der Waals surface area contributed by atoms with Gasteiger partial charge in [0.2, 0.25) is 23.5 Å². The lowest BCUT2D eigenvalue weighted by Crippen LogP contribution is -2.60. The summed E-state index contributed by atoms with van der Waals surface area (Å²) >= 11 is 0. The second kappa shape index (κ2) is 8.34. The van der Waals surface area contributed by atoms with Crippen LogP contribution >= 0.6 is 0 Å². The largest absolute Gasteiger partial charge is 0.363 e. The molecule has 0 aromatic rings. The van der Waals surface area contributed by atoms with Gasteiger partial charge in [-0.2, -0.15) is 0 Å². The van der Waals surface area contributed by atoms with E-state index in [1.165, 1.54) is 0 Å². The Hall–Kier alpha value is -2.45. The number of amides is 4. The first kappa shape index (κ1) is 24.7. The minimum Gasteiger partial charge on any atom is -0.363 e. The van der Waals surface area contributed by atoms with Crippen molar-refractivity contribution in [1.82, 2.24) is 15.5 Å². The molecule has 5 atom stereocenters. The van der Waals surface area contributed by atoms with E-state index in [-0.39, 0.29) is 35.0 Å². The normalized spacial score (nSPS) is 29.0. The highest BCUT2D eigenvalue weighted by Crippen LogP contribution is 2.65. The van der Waals surface area contributed by atoms with Crippen LogP contribution < -0.4 is 16.4 Å². The van der Waals surface area contributed by atoms with Crippen molar-refractivity contribution in [2.75, 3.05) is 6.54 Å². The van der Waals surface area contributed by atoms with Gasteiger partial charge < -0.3 is 21.3 Å². The first-order valence-corrected chi connectivity index (χ1v) is 12.5. The summed E-state index contributed by atoms with van der Waals surface area (Å²) < 4.78 is 0. The van der Waals surface area contributed by atoms with E-state index in [0.29, 0.717) is 18.9 Å². The molecule has 3 unspecified atom stereocenters. The van der Waals surface area contributed by atoms with Crippen molar-refractivity contribution >= 4 is 29.4 Å². The van der Waals surface area contributed by atoms with Crippen LogP contribution in [0, 0.1) is 34.5 Å². The molecule has 0 radical (unpaired) electrons. The molecule has 1 heterocycles. The topological polar surface area (TPSA) is 139 Å². The van der Waals surface area contributed by atoms with Crippen LogP contribution in [0.1, 0.15) is 66.7 Å². The van der Waals surface area contributed by atoms with E-state index in [1.807, 2.05) is 20.8 Å². The zero-order valence-corrected chi connectivity index (χ0v) is 20.8. The van der Waals surface area contributed by atoms with Crippen LogP contribution in [-0.4, -0.2) is 59.0 Å². The molecule has 0 aromatic carbocycles. The Balaban J connectivity index is 1.55. The number of hydrogen-bond donors (Lipinski definition) is 3. The van der Waals surface area contributed by atoms with Gasteiger partial charge in [-0.1, -0.05) is 47.5 Å². The Morgan fingerprint density at radius 1 is 1.00 bits per heavy atom. The molecule has 1 saturated heterocycles. The monoisotopic (exact) mass is 474 g/mol. The molecule has 4 N–H and O–H groups in total. The minimum atomic E-state index is -1.06. The predicted octanol–water partition coefficient (Wildman–Crippen LogP) is 0.750. The van der Waals surface area contributed by atoms with Gasteiger partial charge >= 0.3 is 0 Å². The fraction of sp³-hybridized carbons (Fsp3) is 0.800. The van der Waals surface area contributed by atoms with Crippen LogP contribution in [0.5, 0.6) is 0 Å². The van der Waals surface area contributed by atoms with Crippen LogP contribution in [0.25, 0.3) is 0 Å². The van der Waals surface area contributed by atoms with Crippen molar-refractivity contribution in [1.29, 1.82) is 0 Å². The fourth-order valence-corrected chi connectivity index (χ4v) is 5.58. The number of nitrogens with one attached hydrogen (secondary N) is 2. The summed E-state index contributed by atoms with van der Waals surface area (Å²) in [7, 11) is 0. The van der Waals surface area contributed by atoms with Crippen molar-refractivity contribution in [2.45, 2.75) is 84.8 Å². The lowest BCUT2D eigenvalue weighted by atomic mass is 9.85. The zero-order valence-electron chi connectivity index (χ0n) is 20.8. The highest BCUT2D eigenvalue weighted by molar-refractivity contribution is 6.37. The number of carbonyl (C=O) groups excluding carboxylic acids is 5. The molecule has 9 heteroatoms. The zero-order chi connectivity index (χ0) is 25.2. The van der Waals surface area contributed by atoms with E-state index in [2.05, 4.69) is 24.5 Å². The second-order valence-corrected chi connectivity index (χ2v) is 12.4. The maximum atomic E-state index is 13.8. The van der Waals surface area contributed by atoms with E-state index >= 15 is 0 Å². The highest BCUT2D eigenvalue weighted by Gasteiger charge is 2.70. The van der Waals surface area contributed by atoms with Gasteiger partial charge in [-0.15, -0.1) is 0 Å². The Bertz CT molecular complexity index is 915. The van der Waals surface area contributed by atoms with Crippen LogP contribution in [0.3, 0.4) is 0 Å². The molecular formula is C25H38N4O5. The summed E-state index contributed by atoms with van der Waals surface area (Å²) in [5.41, 5.74) is 4.59. The fourth-order valence-electron chi connectivity index (χ4n) is 5.58. The van der Waals surface area contributed by atoms with Gasteiger partial charge in [0.05, 0.1) is 6.04 Å². The number of carbonyl (C=O) groups is 5. The van der Waals surface area contributed by atoms with Crippen molar-refractivity contribution in [2.24, 2.45) is 40.2 Å². The quantitative estimate of drug-likeness (QED) is 0.423. The molecular weight excluding hydrogens is 436 g/mol. The number of hydrogen-bond acceptors (Lipinski definition) is 5. The SMILES string of the molecule is CC(C)(C)C(NC(=O)C1CC1)C(=O)N1C[C@H]2C([C@H]1C(=O)NC(CC1CC1)C(=O)C(N)=O)C2(C)C. The number of nitrogens with zero attached hydrogens (tertiary/aromatic N) is 1. The van der Waals surface area contributed by atoms with Gasteiger partial charge in [0.25, 0.3) is 5.91 Å². The van der Waals surface area contributed by atoms with Crippen molar-refractivity contribution in [3.63, 3.8) is 0 Å². The third-order valence-electron chi connectivity index (χ3n) is 8.25. The average Bonchev–Trinajstić information content (AvgIpc) is 3.66. The number of ketones is 1. The van der Waals surface area contributed by atoms with E-state index in [9.17, 15) is 24.0 Å². The first-order valence-electron chi connectivity index (χ1n) is 12.5. The predicted molar refractivity (Wildman–Crippen MR) is 124 cm³/mol. The van der Waals surface area contributed by atoms with Crippen molar-refractivity contribution in [3.8, 4) is 0 Å². The van der Waals surface area contributed by atoms with Gasteiger partial charge in [0, 0.05) is 12.5 Å². The Kier molecular flexibility index (Phi) is 6.05. The molecule has 0 spiro atoms. The number of nitrogens with two attached hydrogens (primary N) is 1. The van der Waals surface area contributed by atoms with Crippen molar-refractivity contribution in [3.05, 3.63) is 0 Å². The van der Waals surface area contributed by atoms with Gasteiger partial charge in [-0.3, -0.25) is 24.0 Å². The molecule has 4 amide bonds. The molecule has 4 aliphatic rings. The lowest BCUT2D eigenvalue weighted by molar-refractivity contribution is -0.146. The molecule has 4 fully saturated rings. The van der Waals surface area contributed by atoms with Gasteiger partial charge in [0.15, 0.2) is 0 Å². The smallest absolute Gasteiger partial charge is 0.287 e. The van der Waals surface area contributed by atoms with Crippen LogP contribution in [0.15, 0.2) is 0 Å². The number of rotatable bonds is 9. The van der Waals surface area contributed by atoms with Crippen LogP contribution in [0.2, 0.25) is 0 Å². The molecule has 1 aliphatic heterocycles. The van der Waals surface area contributed by atoms with Crippen molar-refractivity contribution < 1.29 is 24.0 Å². The molecule has 0 aromatic heterocycles. The molecule has 3 aliphatic carbocycles. The first-order chi connectivity index (χ1) is 15.7. The number of primary amides is 1. The molecule has 9 nitrogen and oxygen atoms in total. The molecule has 188 valence electrons. The summed E-state index contributed by atoms with van der Waals surface area (Å²) in [5, 5.41) is 5.70. The van der Waals surface area contributed by atoms with Crippen LogP contribution in [-0.2, 0) is 24.0 Å². The maximum Gasteiger partial charge on any atom is 0.287 e. The van der Waals surface area contributed by atoms with Gasteiger partial charge in [0.1, 0.15) is 12.1 Å². The molecule has 4 rings (SSSR count). The average molecular weight is 475 g/mol. The Labute approximate surface area is 200 Å². The summed E-state index contributed by atoms with van der Waals surface area (Å²) in [6.07, 6.45) is 3.96. The number of Topliss-reactive ketones (excluding diaryl/α,β-unsaturated/α-hetero) is 1. The molecule has 0 bridgehead atoms. The van der Waals surface area contributed by atoms with E-state index in [1.54, 1.807) is 4.90 Å². The van der Waals surface area contributed by atoms with E-state index < -0.39 is 41.1 Å². The Morgan fingerprint density at radius 3 is 2.12 bits per heavy atom. The molecule has 3 saturated carbocycles. The second-order valence-electron chi connectivity index (χ2n) is 12.4. The van der Waals surface area contributed by atoms with Gasteiger partial charge in [-0.05, 0) is 47.8 Å². The minimum absolute atomic E-state index is 0.0364. The summed E-state index contributed by atoms with van der Waals surface area (Å²) in [6.45, 7) is 10.3. The summed E-state index contributed by atoms with van der Waals surface area (Å²) in [6, 6.07) is -2.48. The number of piperidine rings is 1. The maximum absolute atomic E-state index is 13.8. The third-order valence-corrected chi connectivity index (χ3v) is 8.25.